The van der Waals surface area contributed by atoms with Gasteiger partial charge in [0.2, 0.25) is 12.7 Å². The van der Waals surface area contributed by atoms with Crippen LogP contribution in [0.25, 0.3) is 0 Å². The molecule has 27 heavy (non-hydrogen) atoms. The number of likely N-dealkylation sites (tertiary alicyclic amines) is 1. The van der Waals surface area contributed by atoms with Gasteiger partial charge in [0.25, 0.3) is 5.91 Å². The van der Waals surface area contributed by atoms with Gasteiger partial charge in [-0.1, -0.05) is 12.5 Å². The van der Waals surface area contributed by atoms with Crippen molar-refractivity contribution in [2.45, 2.75) is 45.3 Å². The molecular formula is C19H24N2O6. The van der Waals surface area contributed by atoms with Crippen molar-refractivity contribution < 1.29 is 28.6 Å². The summed E-state index contributed by atoms with van der Waals surface area (Å²) in [5.74, 6) is 0.308. The maximum absolute atomic E-state index is 12.2. The number of benzene rings is 1. The number of esters is 1. The Bertz CT molecular complexity index is 720. The molecule has 0 spiro atoms. The highest BCUT2D eigenvalue weighted by molar-refractivity contribution is 5.86. The molecule has 2 amide bonds. The molecule has 0 bridgehead atoms. The van der Waals surface area contributed by atoms with Crippen LogP contribution in [0, 0.1) is 0 Å². The molecular weight excluding hydrogens is 352 g/mol. The Morgan fingerprint density at radius 1 is 1.22 bits per heavy atom. The van der Waals surface area contributed by atoms with Crippen LogP contribution < -0.4 is 14.8 Å². The summed E-state index contributed by atoms with van der Waals surface area (Å²) in [6, 6.07) is 5.41. The Morgan fingerprint density at radius 3 is 2.89 bits per heavy atom. The molecule has 1 saturated heterocycles. The van der Waals surface area contributed by atoms with Gasteiger partial charge in [0.15, 0.2) is 17.6 Å². The van der Waals surface area contributed by atoms with Crippen molar-refractivity contribution in [3.8, 4) is 11.5 Å². The van der Waals surface area contributed by atoms with E-state index in [1.807, 2.05) is 6.07 Å². The lowest BCUT2D eigenvalue weighted by Crippen LogP contribution is -2.40. The normalized spacial score (nSPS) is 17.2. The van der Waals surface area contributed by atoms with Crippen molar-refractivity contribution in [1.82, 2.24) is 10.2 Å². The number of hydrogen-bond acceptors (Lipinski definition) is 6. The zero-order chi connectivity index (χ0) is 19.2. The number of amides is 2. The van der Waals surface area contributed by atoms with Crippen molar-refractivity contribution in [2.24, 2.45) is 0 Å². The molecule has 1 fully saturated rings. The fraction of sp³-hybridized carbons (Fsp3) is 0.526. The maximum Gasteiger partial charge on any atom is 0.326 e. The van der Waals surface area contributed by atoms with E-state index in [-0.39, 0.29) is 25.8 Å². The predicted octanol–water partition coefficient (Wildman–Crippen LogP) is 1.37. The molecule has 1 atom stereocenters. The predicted molar refractivity (Wildman–Crippen MR) is 95.0 cm³/mol. The summed E-state index contributed by atoms with van der Waals surface area (Å²) in [4.78, 5) is 37.7. The summed E-state index contributed by atoms with van der Waals surface area (Å²) >= 11 is 0. The number of nitrogens with zero attached hydrogens (tertiary/aromatic N) is 1. The second-order valence-electron chi connectivity index (χ2n) is 6.66. The highest BCUT2D eigenvalue weighted by Gasteiger charge is 2.23. The Balaban J connectivity index is 1.44. The Hall–Kier alpha value is -2.77. The molecule has 0 aromatic heterocycles. The lowest BCUT2D eigenvalue weighted by molar-refractivity contribution is -0.157. The number of rotatable bonds is 6. The highest BCUT2D eigenvalue weighted by Crippen LogP contribution is 2.32. The Labute approximate surface area is 157 Å². The third kappa shape index (κ3) is 5.12. The van der Waals surface area contributed by atoms with Crippen LogP contribution in [0.4, 0.5) is 0 Å². The number of nitrogens with one attached hydrogen (secondary N) is 1. The third-order valence-electron chi connectivity index (χ3n) is 4.57. The molecule has 8 nitrogen and oxygen atoms in total. The van der Waals surface area contributed by atoms with Gasteiger partial charge in [-0.05, 0) is 37.5 Å². The average molecular weight is 376 g/mol. The monoisotopic (exact) mass is 376 g/mol. The molecule has 0 radical (unpaired) electrons. The number of fused-ring (bicyclic) bond motifs is 1. The van der Waals surface area contributed by atoms with Crippen molar-refractivity contribution in [3.63, 3.8) is 0 Å². The van der Waals surface area contributed by atoms with Gasteiger partial charge in [-0.3, -0.25) is 14.4 Å². The molecule has 0 aliphatic carbocycles. The third-order valence-corrected chi connectivity index (χ3v) is 4.57. The minimum Gasteiger partial charge on any atom is -0.454 e. The first-order valence-electron chi connectivity index (χ1n) is 9.16. The zero-order valence-corrected chi connectivity index (χ0v) is 15.4. The van der Waals surface area contributed by atoms with Crippen LogP contribution in [-0.2, 0) is 25.7 Å². The first kappa shape index (κ1) is 19.0. The van der Waals surface area contributed by atoms with Crippen LogP contribution in [0.5, 0.6) is 11.5 Å². The SMILES string of the molecule is CC(OC(=O)CN1CCCCCC1=O)C(=O)NCc1ccc2c(c1)OCO2. The molecule has 2 aliphatic heterocycles. The topological polar surface area (TPSA) is 94.2 Å². The van der Waals surface area contributed by atoms with Gasteiger partial charge < -0.3 is 24.4 Å². The van der Waals surface area contributed by atoms with Gasteiger partial charge in [0.1, 0.15) is 6.54 Å². The van der Waals surface area contributed by atoms with Crippen molar-refractivity contribution in [2.75, 3.05) is 19.9 Å². The van der Waals surface area contributed by atoms with Crippen LogP contribution in [0.2, 0.25) is 0 Å². The summed E-state index contributed by atoms with van der Waals surface area (Å²) in [5.41, 5.74) is 0.848. The van der Waals surface area contributed by atoms with E-state index in [2.05, 4.69) is 5.32 Å². The smallest absolute Gasteiger partial charge is 0.326 e. The summed E-state index contributed by atoms with van der Waals surface area (Å²) in [7, 11) is 0. The van der Waals surface area contributed by atoms with Gasteiger partial charge in [0, 0.05) is 19.5 Å². The van der Waals surface area contributed by atoms with E-state index >= 15 is 0 Å². The number of hydrogen-bond donors (Lipinski definition) is 1. The van der Waals surface area contributed by atoms with Gasteiger partial charge in [-0.15, -0.1) is 0 Å². The van der Waals surface area contributed by atoms with Crippen LogP contribution in [-0.4, -0.2) is 48.7 Å². The quantitative estimate of drug-likeness (QED) is 0.754. The van der Waals surface area contributed by atoms with Gasteiger partial charge in [-0.25, -0.2) is 0 Å². The first-order valence-corrected chi connectivity index (χ1v) is 9.16. The number of carbonyl (C=O) groups excluding carboxylic acids is 3. The Kier molecular flexibility index (Phi) is 6.16. The van der Waals surface area contributed by atoms with Crippen LogP contribution in [0.1, 0.15) is 38.2 Å². The second-order valence-corrected chi connectivity index (χ2v) is 6.66. The summed E-state index contributed by atoms with van der Waals surface area (Å²) in [5, 5.41) is 2.72. The minimum atomic E-state index is -0.936. The van der Waals surface area contributed by atoms with Crippen molar-refractivity contribution in [3.05, 3.63) is 23.8 Å². The Morgan fingerprint density at radius 2 is 2.04 bits per heavy atom. The molecule has 8 heteroatoms. The van der Waals surface area contributed by atoms with Crippen LogP contribution >= 0.6 is 0 Å². The zero-order valence-electron chi connectivity index (χ0n) is 15.4. The highest BCUT2D eigenvalue weighted by atomic mass is 16.7. The average Bonchev–Trinajstić information content (AvgIpc) is 3.03. The lowest BCUT2D eigenvalue weighted by atomic mass is 10.2. The van der Waals surface area contributed by atoms with Gasteiger partial charge in [0.05, 0.1) is 0 Å². The molecule has 0 saturated carbocycles. The molecule has 1 aromatic carbocycles. The van der Waals surface area contributed by atoms with E-state index in [4.69, 9.17) is 14.2 Å². The number of ether oxygens (including phenoxy) is 3. The molecule has 1 unspecified atom stereocenters. The second kappa shape index (κ2) is 8.75. The van der Waals surface area contributed by atoms with Crippen molar-refractivity contribution >= 4 is 17.8 Å². The summed E-state index contributed by atoms with van der Waals surface area (Å²) in [6.45, 7) is 2.42. The summed E-state index contributed by atoms with van der Waals surface area (Å²) < 4.78 is 15.7. The standard InChI is InChI=1S/C19H24N2O6/c1-13(27-18(23)11-21-8-4-2-3-5-17(21)22)19(24)20-10-14-6-7-15-16(9-14)26-12-25-15/h6-7,9,13H,2-5,8,10-12H2,1H3,(H,20,24). The summed E-state index contributed by atoms with van der Waals surface area (Å²) in [6.07, 6.45) is 2.23. The van der Waals surface area contributed by atoms with Crippen LogP contribution in [0.15, 0.2) is 18.2 Å². The first-order chi connectivity index (χ1) is 13.0. The van der Waals surface area contributed by atoms with E-state index in [0.29, 0.717) is 24.5 Å². The van der Waals surface area contributed by atoms with E-state index in [0.717, 1.165) is 24.8 Å². The van der Waals surface area contributed by atoms with Crippen molar-refractivity contribution in [1.29, 1.82) is 0 Å². The molecule has 2 heterocycles. The van der Waals surface area contributed by atoms with E-state index in [1.54, 1.807) is 12.1 Å². The fourth-order valence-corrected chi connectivity index (χ4v) is 3.03. The minimum absolute atomic E-state index is 0.0376. The van der Waals surface area contributed by atoms with Gasteiger partial charge >= 0.3 is 5.97 Å². The van der Waals surface area contributed by atoms with Gasteiger partial charge in [-0.2, -0.15) is 0 Å². The molecule has 146 valence electrons. The van der Waals surface area contributed by atoms with Crippen LogP contribution in [0.3, 0.4) is 0 Å². The molecule has 1 aromatic rings. The number of carbonyl (C=O) groups is 3. The lowest BCUT2D eigenvalue weighted by Gasteiger charge is -2.20. The fourth-order valence-electron chi connectivity index (χ4n) is 3.03. The van der Waals surface area contributed by atoms with E-state index in [1.165, 1.54) is 11.8 Å². The molecule has 1 N–H and O–H groups in total. The molecule has 2 aliphatic rings. The molecule has 3 rings (SSSR count). The van der Waals surface area contributed by atoms with E-state index in [9.17, 15) is 14.4 Å². The largest absolute Gasteiger partial charge is 0.454 e. The maximum atomic E-state index is 12.2. The van der Waals surface area contributed by atoms with E-state index < -0.39 is 18.0 Å².